The van der Waals surface area contributed by atoms with Crippen LogP contribution in [0.15, 0.2) is 36.7 Å². The number of nitrogens with zero attached hydrogens (tertiary/aromatic N) is 2. The Balaban J connectivity index is 2.04. The molecule has 4 nitrogen and oxygen atoms in total. The minimum Gasteiger partial charge on any atom is -0.399 e. The summed E-state index contributed by atoms with van der Waals surface area (Å²) >= 11 is 0. The van der Waals surface area contributed by atoms with Gasteiger partial charge in [0.25, 0.3) is 0 Å². The quantitative estimate of drug-likeness (QED) is 0.809. The average Bonchev–Trinajstić information content (AvgIpc) is 2.37. The van der Waals surface area contributed by atoms with Gasteiger partial charge < -0.3 is 11.1 Å². The van der Waals surface area contributed by atoms with Gasteiger partial charge in [-0.05, 0) is 23.6 Å². The predicted molar refractivity (Wildman–Crippen MR) is 74.3 cm³/mol. The molecule has 0 radical (unpaired) electrons. The second-order valence-electron chi connectivity index (χ2n) is 4.58. The van der Waals surface area contributed by atoms with Crippen molar-refractivity contribution >= 4 is 11.5 Å². The molecule has 94 valence electrons. The molecule has 1 aromatic heterocycles. The third-order valence-electron chi connectivity index (χ3n) is 2.70. The summed E-state index contributed by atoms with van der Waals surface area (Å²) < 4.78 is 0. The normalized spacial score (nSPS) is 10.6. The van der Waals surface area contributed by atoms with Crippen molar-refractivity contribution in [2.75, 3.05) is 11.1 Å². The Morgan fingerprint density at radius 3 is 2.78 bits per heavy atom. The lowest BCUT2D eigenvalue weighted by atomic mass is 10.1. The summed E-state index contributed by atoms with van der Waals surface area (Å²) in [7, 11) is 0. The Morgan fingerprint density at radius 1 is 1.22 bits per heavy atom. The Bertz CT molecular complexity index is 523. The van der Waals surface area contributed by atoms with Crippen LogP contribution in [0.3, 0.4) is 0 Å². The number of rotatable bonds is 4. The number of hydrogen-bond donors (Lipinski definition) is 2. The second-order valence-corrected chi connectivity index (χ2v) is 4.58. The number of benzene rings is 1. The van der Waals surface area contributed by atoms with Gasteiger partial charge >= 0.3 is 0 Å². The molecular formula is C14H18N4. The van der Waals surface area contributed by atoms with Crippen molar-refractivity contribution in [1.29, 1.82) is 0 Å². The summed E-state index contributed by atoms with van der Waals surface area (Å²) in [6.45, 7) is 4.94. The fourth-order valence-electron chi connectivity index (χ4n) is 1.68. The van der Waals surface area contributed by atoms with Crippen molar-refractivity contribution in [3.05, 3.63) is 47.9 Å². The fraction of sp³-hybridized carbons (Fsp3) is 0.286. The van der Waals surface area contributed by atoms with E-state index in [0.29, 0.717) is 12.5 Å². The molecule has 1 aromatic carbocycles. The van der Waals surface area contributed by atoms with Crippen molar-refractivity contribution in [2.24, 2.45) is 0 Å². The highest BCUT2D eigenvalue weighted by Gasteiger charge is 2.02. The van der Waals surface area contributed by atoms with E-state index in [1.165, 1.54) is 0 Å². The van der Waals surface area contributed by atoms with E-state index in [2.05, 4.69) is 29.1 Å². The first-order valence-electron chi connectivity index (χ1n) is 6.05. The summed E-state index contributed by atoms with van der Waals surface area (Å²) in [5.74, 6) is 1.25. The van der Waals surface area contributed by atoms with Gasteiger partial charge in [-0.15, -0.1) is 0 Å². The van der Waals surface area contributed by atoms with Crippen molar-refractivity contribution in [3.8, 4) is 0 Å². The zero-order valence-electron chi connectivity index (χ0n) is 10.7. The summed E-state index contributed by atoms with van der Waals surface area (Å²) in [5.41, 5.74) is 8.70. The number of anilines is 2. The van der Waals surface area contributed by atoms with Crippen LogP contribution >= 0.6 is 0 Å². The Morgan fingerprint density at radius 2 is 2.06 bits per heavy atom. The molecule has 0 fully saturated rings. The van der Waals surface area contributed by atoms with Gasteiger partial charge in [-0.25, -0.2) is 9.97 Å². The third kappa shape index (κ3) is 3.20. The highest BCUT2D eigenvalue weighted by molar-refractivity contribution is 5.43. The molecule has 0 spiro atoms. The molecule has 0 atom stereocenters. The number of hydrogen-bond acceptors (Lipinski definition) is 4. The molecule has 1 heterocycles. The number of nitrogens with one attached hydrogen (secondary N) is 1. The zero-order chi connectivity index (χ0) is 13.0. The molecule has 0 aliphatic rings. The highest BCUT2D eigenvalue weighted by atomic mass is 15.0. The summed E-state index contributed by atoms with van der Waals surface area (Å²) in [6.07, 6.45) is 1.59. The lowest BCUT2D eigenvalue weighted by Crippen LogP contribution is -2.04. The second kappa shape index (κ2) is 5.49. The molecule has 0 aliphatic heterocycles. The molecular weight excluding hydrogens is 224 g/mol. The Kier molecular flexibility index (Phi) is 3.77. The molecule has 2 aromatic rings. The lowest BCUT2D eigenvalue weighted by Gasteiger charge is -2.09. The summed E-state index contributed by atoms with van der Waals surface area (Å²) in [4.78, 5) is 8.44. The molecule has 0 aliphatic carbocycles. The first-order chi connectivity index (χ1) is 8.65. The van der Waals surface area contributed by atoms with Crippen LogP contribution in [-0.2, 0) is 6.54 Å². The van der Waals surface area contributed by atoms with Gasteiger partial charge in [-0.1, -0.05) is 26.0 Å². The van der Waals surface area contributed by atoms with Crippen LogP contribution < -0.4 is 11.1 Å². The molecule has 0 saturated heterocycles. The topological polar surface area (TPSA) is 63.8 Å². The van der Waals surface area contributed by atoms with Crippen molar-refractivity contribution < 1.29 is 0 Å². The Hall–Kier alpha value is -2.10. The smallest absolute Gasteiger partial charge is 0.129 e. The number of nitrogen functional groups attached to an aromatic ring is 1. The van der Waals surface area contributed by atoms with Gasteiger partial charge in [0, 0.05) is 24.0 Å². The standard InChI is InChI=1S/C14H18N4/c1-10(2)13-7-14(18-9-17-13)16-8-11-4-3-5-12(15)6-11/h3-7,9-10H,8,15H2,1-2H3,(H,16,17,18). The van der Waals surface area contributed by atoms with Gasteiger partial charge in [-0.3, -0.25) is 0 Å². The molecule has 4 heteroatoms. The maximum absolute atomic E-state index is 5.74. The third-order valence-corrected chi connectivity index (χ3v) is 2.70. The van der Waals surface area contributed by atoms with Crippen LogP contribution in [0.1, 0.15) is 31.0 Å². The van der Waals surface area contributed by atoms with E-state index in [1.807, 2.05) is 30.3 Å². The molecule has 0 unspecified atom stereocenters. The molecule has 0 amide bonds. The van der Waals surface area contributed by atoms with E-state index in [0.717, 1.165) is 22.8 Å². The van der Waals surface area contributed by atoms with Gasteiger partial charge in [-0.2, -0.15) is 0 Å². The van der Waals surface area contributed by atoms with E-state index >= 15 is 0 Å². The van der Waals surface area contributed by atoms with Gasteiger partial charge in [0.15, 0.2) is 0 Å². The first kappa shape index (κ1) is 12.4. The van der Waals surface area contributed by atoms with Crippen LogP contribution in [0.2, 0.25) is 0 Å². The van der Waals surface area contributed by atoms with E-state index in [1.54, 1.807) is 6.33 Å². The largest absolute Gasteiger partial charge is 0.399 e. The van der Waals surface area contributed by atoms with E-state index in [9.17, 15) is 0 Å². The molecule has 0 bridgehead atoms. The van der Waals surface area contributed by atoms with E-state index in [4.69, 9.17) is 5.73 Å². The van der Waals surface area contributed by atoms with Crippen LogP contribution in [0, 0.1) is 0 Å². The minimum atomic E-state index is 0.404. The maximum Gasteiger partial charge on any atom is 0.129 e. The van der Waals surface area contributed by atoms with E-state index in [-0.39, 0.29) is 0 Å². The van der Waals surface area contributed by atoms with Crippen LogP contribution in [0.4, 0.5) is 11.5 Å². The van der Waals surface area contributed by atoms with Gasteiger partial charge in [0.1, 0.15) is 12.1 Å². The van der Waals surface area contributed by atoms with E-state index < -0.39 is 0 Å². The highest BCUT2D eigenvalue weighted by Crippen LogP contribution is 2.14. The first-order valence-corrected chi connectivity index (χ1v) is 6.05. The SMILES string of the molecule is CC(C)c1cc(NCc2cccc(N)c2)ncn1. The number of nitrogens with two attached hydrogens (primary N) is 1. The van der Waals surface area contributed by atoms with Gasteiger partial charge in [0.2, 0.25) is 0 Å². The molecule has 2 rings (SSSR count). The Labute approximate surface area is 107 Å². The minimum absolute atomic E-state index is 0.404. The van der Waals surface area contributed by atoms with Crippen molar-refractivity contribution in [2.45, 2.75) is 26.3 Å². The van der Waals surface area contributed by atoms with Crippen LogP contribution in [-0.4, -0.2) is 9.97 Å². The lowest BCUT2D eigenvalue weighted by molar-refractivity contribution is 0.814. The van der Waals surface area contributed by atoms with Crippen LogP contribution in [0.25, 0.3) is 0 Å². The molecule has 18 heavy (non-hydrogen) atoms. The average molecular weight is 242 g/mol. The fourth-order valence-corrected chi connectivity index (χ4v) is 1.68. The van der Waals surface area contributed by atoms with Crippen molar-refractivity contribution in [3.63, 3.8) is 0 Å². The molecule has 0 saturated carbocycles. The summed E-state index contributed by atoms with van der Waals surface area (Å²) in [5, 5.41) is 3.28. The van der Waals surface area contributed by atoms with Crippen LogP contribution in [0.5, 0.6) is 0 Å². The van der Waals surface area contributed by atoms with Crippen molar-refractivity contribution in [1.82, 2.24) is 9.97 Å². The monoisotopic (exact) mass is 242 g/mol. The maximum atomic E-state index is 5.74. The molecule has 3 N–H and O–H groups in total. The number of aromatic nitrogens is 2. The van der Waals surface area contributed by atoms with Gasteiger partial charge in [0.05, 0.1) is 0 Å². The summed E-state index contributed by atoms with van der Waals surface area (Å²) in [6, 6.07) is 9.80. The zero-order valence-corrected chi connectivity index (χ0v) is 10.7. The predicted octanol–water partition coefficient (Wildman–Crippen LogP) is 2.79.